The molecule has 1 aromatic carbocycles. The summed E-state index contributed by atoms with van der Waals surface area (Å²) in [6, 6.07) is 8.22. The summed E-state index contributed by atoms with van der Waals surface area (Å²) in [6.45, 7) is 1.45. The number of rotatable bonds is 2. The van der Waals surface area contributed by atoms with Crippen molar-refractivity contribution in [2.24, 2.45) is 0 Å². The molecule has 1 saturated heterocycles. The van der Waals surface area contributed by atoms with Crippen molar-refractivity contribution in [3.8, 4) is 0 Å². The maximum atomic E-state index is 5.35. The summed E-state index contributed by atoms with van der Waals surface area (Å²) in [5.74, 6) is 0. The molecular weight excluding hydrogens is 232 g/mol. The Morgan fingerprint density at radius 3 is 2.38 bits per heavy atom. The quantitative estimate of drug-likeness (QED) is 0.793. The van der Waals surface area contributed by atoms with Crippen molar-refractivity contribution in [2.75, 3.05) is 13.2 Å². The van der Waals surface area contributed by atoms with Crippen LogP contribution in [0.4, 0.5) is 0 Å². The molecule has 0 saturated carbocycles. The fourth-order valence-electron chi connectivity index (χ4n) is 1.34. The average Bonchev–Trinajstić information content (AvgIpc) is 2.62. The molecule has 1 aliphatic heterocycles. The second kappa shape index (κ2) is 4.22. The van der Waals surface area contributed by atoms with Gasteiger partial charge in [-0.05, 0) is 17.7 Å². The molecule has 1 fully saturated rings. The van der Waals surface area contributed by atoms with Crippen LogP contribution in [-0.4, -0.2) is 19.5 Å². The van der Waals surface area contributed by atoms with Crippen molar-refractivity contribution in [2.45, 2.75) is 12.7 Å². The van der Waals surface area contributed by atoms with Crippen molar-refractivity contribution in [1.29, 1.82) is 0 Å². The molecule has 0 aliphatic carbocycles. The molecule has 0 amide bonds. The Labute approximate surface area is 86.0 Å². The van der Waals surface area contributed by atoms with Gasteiger partial charge in [0.2, 0.25) is 0 Å². The highest BCUT2D eigenvalue weighted by Crippen LogP contribution is 2.14. The predicted octanol–water partition coefficient (Wildman–Crippen LogP) is 2.36. The van der Waals surface area contributed by atoms with Gasteiger partial charge >= 0.3 is 0 Å². The first-order chi connectivity index (χ1) is 6.34. The summed E-state index contributed by atoms with van der Waals surface area (Å²) in [5, 5.41) is 0. The first-order valence-corrected chi connectivity index (χ1v) is 5.11. The van der Waals surface area contributed by atoms with Crippen LogP contribution in [0.25, 0.3) is 0 Å². The van der Waals surface area contributed by atoms with E-state index in [1.54, 1.807) is 0 Å². The Kier molecular flexibility index (Phi) is 2.98. The highest BCUT2D eigenvalue weighted by atomic mass is 79.9. The number of hydrogen-bond acceptors (Lipinski definition) is 2. The molecule has 2 nitrogen and oxygen atoms in total. The topological polar surface area (TPSA) is 18.5 Å². The smallest absolute Gasteiger partial charge is 0.161 e. The lowest BCUT2D eigenvalue weighted by Crippen LogP contribution is -2.10. The van der Waals surface area contributed by atoms with E-state index in [4.69, 9.17) is 9.47 Å². The van der Waals surface area contributed by atoms with E-state index in [1.165, 1.54) is 5.56 Å². The molecule has 0 radical (unpaired) electrons. The standard InChI is InChI=1S/C10H11BrO2/c11-9-3-1-8(2-4-9)7-10-12-5-6-13-10/h1-4,10H,5-7H2. The highest BCUT2D eigenvalue weighted by Gasteiger charge is 2.15. The highest BCUT2D eigenvalue weighted by molar-refractivity contribution is 9.10. The molecule has 1 aliphatic rings. The van der Waals surface area contributed by atoms with Crippen molar-refractivity contribution in [1.82, 2.24) is 0 Å². The Morgan fingerprint density at radius 1 is 1.15 bits per heavy atom. The van der Waals surface area contributed by atoms with E-state index >= 15 is 0 Å². The molecule has 1 aromatic rings. The van der Waals surface area contributed by atoms with Crippen LogP contribution in [0.3, 0.4) is 0 Å². The second-order valence-electron chi connectivity index (χ2n) is 3.00. The molecule has 0 spiro atoms. The minimum Gasteiger partial charge on any atom is -0.350 e. The molecule has 0 N–H and O–H groups in total. The number of hydrogen-bond donors (Lipinski definition) is 0. The minimum absolute atomic E-state index is 0.0406. The SMILES string of the molecule is Brc1ccc(CC2OCCO2)cc1. The minimum atomic E-state index is -0.0406. The van der Waals surface area contributed by atoms with E-state index < -0.39 is 0 Å². The third-order valence-electron chi connectivity index (χ3n) is 2.01. The van der Waals surface area contributed by atoms with E-state index in [0.717, 1.165) is 24.1 Å². The predicted molar refractivity (Wildman–Crippen MR) is 53.5 cm³/mol. The van der Waals surface area contributed by atoms with E-state index in [9.17, 15) is 0 Å². The Bertz CT molecular complexity index is 265. The van der Waals surface area contributed by atoms with Crippen molar-refractivity contribution in [3.63, 3.8) is 0 Å². The summed E-state index contributed by atoms with van der Waals surface area (Å²) in [6.07, 6.45) is 0.800. The summed E-state index contributed by atoms with van der Waals surface area (Å²) < 4.78 is 11.8. The fraction of sp³-hybridized carbons (Fsp3) is 0.400. The van der Waals surface area contributed by atoms with Crippen LogP contribution in [0, 0.1) is 0 Å². The average molecular weight is 243 g/mol. The lowest BCUT2D eigenvalue weighted by Gasteiger charge is -2.08. The molecule has 1 heterocycles. The van der Waals surface area contributed by atoms with Crippen molar-refractivity contribution in [3.05, 3.63) is 34.3 Å². The monoisotopic (exact) mass is 242 g/mol. The zero-order chi connectivity index (χ0) is 9.10. The van der Waals surface area contributed by atoms with Crippen LogP contribution in [-0.2, 0) is 15.9 Å². The molecule has 70 valence electrons. The zero-order valence-electron chi connectivity index (χ0n) is 7.20. The molecule has 2 rings (SSSR count). The summed E-state index contributed by atoms with van der Waals surface area (Å²) >= 11 is 3.40. The number of halogens is 1. The van der Waals surface area contributed by atoms with Gasteiger partial charge in [0, 0.05) is 10.9 Å². The number of benzene rings is 1. The first-order valence-electron chi connectivity index (χ1n) is 4.32. The van der Waals surface area contributed by atoms with Gasteiger partial charge in [0.05, 0.1) is 13.2 Å². The third-order valence-corrected chi connectivity index (χ3v) is 2.54. The van der Waals surface area contributed by atoms with Crippen LogP contribution in [0.2, 0.25) is 0 Å². The third kappa shape index (κ3) is 2.53. The molecular formula is C10H11BrO2. The second-order valence-corrected chi connectivity index (χ2v) is 3.92. The Balaban J connectivity index is 1.97. The van der Waals surface area contributed by atoms with Crippen LogP contribution in [0.5, 0.6) is 0 Å². The normalized spacial score (nSPS) is 17.9. The Hall–Kier alpha value is -0.380. The van der Waals surface area contributed by atoms with E-state index in [-0.39, 0.29) is 6.29 Å². The molecule has 13 heavy (non-hydrogen) atoms. The van der Waals surface area contributed by atoms with E-state index in [2.05, 4.69) is 28.1 Å². The molecule has 0 atom stereocenters. The summed E-state index contributed by atoms with van der Waals surface area (Å²) in [4.78, 5) is 0. The van der Waals surface area contributed by atoms with Gasteiger partial charge in [-0.1, -0.05) is 28.1 Å². The number of ether oxygens (including phenoxy) is 2. The maximum absolute atomic E-state index is 5.35. The zero-order valence-corrected chi connectivity index (χ0v) is 8.79. The maximum Gasteiger partial charge on any atom is 0.161 e. The van der Waals surface area contributed by atoms with Crippen molar-refractivity contribution < 1.29 is 9.47 Å². The molecule has 0 unspecified atom stereocenters. The van der Waals surface area contributed by atoms with Gasteiger partial charge in [-0.15, -0.1) is 0 Å². The van der Waals surface area contributed by atoms with Gasteiger partial charge < -0.3 is 9.47 Å². The summed E-state index contributed by atoms with van der Waals surface area (Å²) in [5.41, 5.74) is 1.25. The first kappa shape index (κ1) is 9.19. The van der Waals surface area contributed by atoms with Gasteiger partial charge in [0.1, 0.15) is 0 Å². The van der Waals surface area contributed by atoms with Gasteiger partial charge in [-0.3, -0.25) is 0 Å². The largest absolute Gasteiger partial charge is 0.350 e. The van der Waals surface area contributed by atoms with E-state index in [0.29, 0.717) is 0 Å². The lowest BCUT2D eigenvalue weighted by molar-refractivity contribution is -0.0399. The van der Waals surface area contributed by atoms with Crippen LogP contribution in [0.1, 0.15) is 5.56 Å². The Morgan fingerprint density at radius 2 is 1.77 bits per heavy atom. The van der Waals surface area contributed by atoms with Gasteiger partial charge in [-0.25, -0.2) is 0 Å². The van der Waals surface area contributed by atoms with Gasteiger partial charge in [0.15, 0.2) is 6.29 Å². The lowest BCUT2D eigenvalue weighted by atomic mass is 10.1. The van der Waals surface area contributed by atoms with E-state index in [1.807, 2.05) is 12.1 Å². The van der Waals surface area contributed by atoms with Gasteiger partial charge in [0.25, 0.3) is 0 Å². The van der Waals surface area contributed by atoms with Crippen LogP contribution in [0.15, 0.2) is 28.7 Å². The summed E-state index contributed by atoms with van der Waals surface area (Å²) in [7, 11) is 0. The van der Waals surface area contributed by atoms with Crippen molar-refractivity contribution >= 4 is 15.9 Å². The van der Waals surface area contributed by atoms with Gasteiger partial charge in [-0.2, -0.15) is 0 Å². The molecule has 0 aromatic heterocycles. The molecule has 3 heteroatoms. The fourth-order valence-corrected chi connectivity index (χ4v) is 1.60. The van der Waals surface area contributed by atoms with Crippen LogP contribution < -0.4 is 0 Å². The van der Waals surface area contributed by atoms with Crippen LogP contribution >= 0.6 is 15.9 Å². The molecule has 0 bridgehead atoms.